The van der Waals surface area contributed by atoms with Gasteiger partial charge in [0.15, 0.2) is 9.84 Å². The van der Waals surface area contributed by atoms with Gasteiger partial charge >= 0.3 is 0 Å². The van der Waals surface area contributed by atoms with Gasteiger partial charge in [-0.3, -0.25) is 0 Å². The van der Waals surface area contributed by atoms with E-state index in [0.29, 0.717) is 0 Å². The van der Waals surface area contributed by atoms with Crippen LogP contribution in [0.5, 0.6) is 0 Å². The molecule has 0 heterocycles. The SMILES string of the molecule is CCNC(C)CS(=O)(=O)Cc1ccccc1C. The van der Waals surface area contributed by atoms with Gasteiger partial charge in [-0.1, -0.05) is 31.2 Å². The Kier molecular flexibility index (Phi) is 5.15. The molecule has 0 spiro atoms. The number of benzene rings is 1. The third kappa shape index (κ3) is 4.88. The molecule has 1 N–H and O–H groups in total. The van der Waals surface area contributed by atoms with E-state index in [9.17, 15) is 8.42 Å². The van der Waals surface area contributed by atoms with Crippen LogP contribution in [0.1, 0.15) is 25.0 Å². The van der Waals surface area contributed by atoms with Crippen LogP contribution in [0.25, 0.3) is 0 Å². The predicted molar refractivity (Wildman–Crippen MR) is 71.8 cm³/mol. The van der Waals surface area contributed by atoms with Crippen LogP contribution in [0.15, 0.2) is 24.3 Å². The Morgan fingerprint density at radius 3 is 2.53 bits per heavy atom. The Hall–Kier alpha value is -0.870. The molecule has 0 fully saturated rings. The van der Waals surface area contributed by atoms with Crippen LogP contribution in [-0.2, 0) is 15.6 Å². The molecular weight excluding hydrogens is 234 g/mol. The average molecular weight is 255 g/mol. The van der Waals surface area contributed by atoms with E-state index in [1.165, 1.54) is 0 Å². The quantitative estimate of drug-likeness (QED) is 0.844. The van der Waals surface area contributed by atoms with Gasteiger partial charge in [0.25, 0.3) is 0 Å². The highest BCUT2D eigenvalue weighted by atomic mass is 32.2. The Labute approximate surface area is 104 Å². The highest BCUT2D eigenvalue weighted by Crippen LogP contribution is 2.12. The van der Waals surface area contributed by atoms with E-state index >= 15 is 0 Å². The first kappa shape index (κ1) is 14.2. The second kappa shape index (κ2) is 6.17. The van der Waals surface area contributed by atoms with Gasteiger partial charge in [0.05, 0.1) is 11.5 Å². The van der Waals surface area contributed by atoms with Crippen molar-refractivity contribution in [2.24, 2.45) is 0 Å². The molecule has 0 aromatic heterocycles. The molecular formula is C13H21NO2S. The lowest BCUT2D eigenvalue weighted by molar-refractivity contribution is 0.565. The summed E-state index contributed by atoms with van der Waals surface area (Å²) in [6.45, 7) is 6.61. The monoisotopic (exact) mass is 255 g/mol. The van der Waals surface area contributed by atoms with Crippen molar-refractivity contribution in [2.75, 3.05) is 12.3 Å². The molecule has 1 aromatic carbocycles. The molecule has 0 amide bonds. The standard InChI is InChI=1S/C13H21NO2S/c1-4-14-12(3)9-17(15,16)10-13-8-6-5-7-11(13)2/h5-8,12,14H,4,9-10H2,1-3H3. The summed E-state index contributed by atoms with van der Waals surface area (Å²) in [5.41, 5.74) is 1.93. The van der Waals surface area contributed by atoms with Crippen molar-refractivity contribution in [2.45, 2.75) is 32.6 Å². The summed E-state index contributed by atoms with van der Waals surface area (Å²) in [6, 6.07) is 7.64. The van der Waals surface area contributed by atoms with Crippen LogP contribution in [0, 0.1) is 6.92 Å². The highest BCUT2D eigenvalue weighted by Gasteiger charge is 2.16. The zero-order valence-corrected chi connectivity index (χ0v) is 11.5. The molecule has 0 saturated heterocycles. The van der Waals surface area contributed by atoms with Gasteiger partial charge in [0.1, 0.15) is 0 Å². The van der Waals surface area contributed by atoms with Crippen molar-refractivity contribution in [3.8, 4) is 0 Å². The third-order valence-electron chi connectivity index (χ3n) is 2.69. The van der Waals surface area contributed by atoms with Crippen molar-refractivity contribution in [1.82, 2.24) is 5.32 Å². The zero-order valence-electron chi connectivity index (χ0n) is 10.7. The van der Waals surface area contributed by atoms with E-state index < -0.39 is 9.84 Å². The highest BCUT2D eigenvalue weighted by molar-refractivity contribution is 7.90. The molecule has 96 valence electrons. The van der Waals surface area contributed by atoms with Gasteiger partial charge in [-0.05, 0) is 31.5 Å². The number of rotatable bonds is 6. The van der Waals surface area contributed by atoms with Gasteiger partial charge in [-0.2, -0.15) is 0 Å². The summed E-state index contributed by atoms with van der Waals surface area (Å²) in [4.78, 5) is 0. The Morgan fingerprint density at radius 2 is 1.94 bits per heavy atom. The van der Waals surface area contributed by atoms with E-state index in [-0.39, 0.29) is 17.5 Å². The van der Waals surface area contributed by atoms with Gasteiger partial charge in [0.2, 0.25) is 0 Å². The first-order valence-corrected chi connectivity index (χ1v) is 7.75. The second-order valence-corrected chi connectivity index (χ2v) is 6.55. The summed E-state index contributed by atoms with van der Waals surface area (Å²) in [6.07, 6.45) is 0. The maximum absolute atomic E-state index is 12.0. The van der Waals surface area contributed by atoms with Crippen LogP contribution in [-0.4, -0.2) is 26.8 Å². The Balaban J connectivity index is 2.70. The molecule has 1 atom stereocenters. The number of hydrogen-bond acceptors (Lipinski definition) is 3. The lowest BCUT2D eigenvalue weighted by atomic mass is 10.1. The van der Waals surface area contributed by atoms with Crippen molar-refractivity contribution in [1.29, 1.82) is 0 Å². The summed E-state index contributed by atoms with van der Waals surface area (Å²) in [5.74, 6) is 0.324. The van der Waals surface area contributed by atoms with Crippen LogP contribution >= 0.6 is 0 Å². The van der Waals surface area contributed by atoms with Crippen LogP contribution in [0.2, 0.25) is 0 Å². The molecule has 0 aliphatic carbocycles. The molecule has 1 rings (SSSR count). The summed E-state index contributed by atoms with van der Waals surface area (Å²) < 4.78 is 24.0. The van der Waals surface area contributed by atoms with Crippen molar-refractivity contribution in [3.05, 3.63) is 35.4 Å². The first-order valence-electron chi connectivity index (χ1n) is 5.93. The number of aryl methyl sites for hydroxylation is 1. The number of nitrogens with one attached hydrogen (secondary N) is 1. The topological polar surface area (TPSA) is 46.2 Å². The largest absolute Gasteiger partial charge is 0.314 e. The smallest absolute Gasteiger partial charge is 0.155 e. The van der Waals surface area contributed by atoms with Gasteiger partial charge < -0.3 is 5.32 Å². The summed E-state index contributed by atoms with van der Waals surface area (Å²) in [7, 11) is -3.04. The van der Waals surface area contributed by atoms with Crippen molar-refractivity contribution in [3.63, 3.8) is 0 Å². The fourth-order valence-corrected chi connectivity index (χ4v) is 3.65. The number of hydrogen-bond donors (Lipinski definition) is 1. The predicted octanol–water partition coefficient (Wildman–Crippen LogP) is 1.91. The fraction of sp³-hybridized carbons (Fsp3) is 0.538. The van der Waals surface area contributed by atoms with E-state index in [1.807, 2.05) is 45.0 Å². The Morgan fingerprint density at radius 1 is 1.29 bits per heavy atom. The molecule has 1 aromatic rings. The van der Waals surface area contributed by atoms with E-state index in [1.54, 1.807) is 0 Å². The molecule has 17 heavy (non-hydrogen) atoms. The average Bonchev–Trinajstić information content (AvgIpc) is 2.20. The molecule has 3 nitrogen and oxygen atoms in total. The third-order valence-corrected chi connectivity index (χ3v) is 4.45. The minimum atomic E-state index is -3.04. The van der Waals surface area contributed by atoms with Crippen molar-refractivity contribution < 1.29 is 8.42 Å². The number of sulfone groups is 1. The van der Waals surface area contributed by atoms with Crippen molar-refractivity contribution >= 4 is 9.84 Å². The van der Waals surface area contributed by atoms with Crippen LogP contribution < -0.4 is 5.32 Å². The van der Waals surface area contributed by atoms with Crippen LogP contribution in [0.4, 0.5) is 0 Å². The minimum Gasteiger partial charge on any atom is -0.314 e. The fourth-order valence-electron chi connectivity index (χ4n) is 1.86. The molecule has 0 bridgehead atoms. The van der Waals surface area contributed by atoms with E-state index in [2.05, 4.69) is 5.32 Å². The van der Waals surface area contributed by atoms with Gasteiger partial charge in [-0.15, -0.1) is 0 Å². The first-order chi connectivity index (χ1) is 7.94. The normalized spacial score (nSPS) is 13.6. The van der Waals surface area contributed by atoms with E-state index in [0.717, 1.165) is 17.7 Å². The molecule has 4 heteroatoms. The van der Waals surface area contributed by atoms with Gasteiger partial charge in [0, 0.05) is 6.04 Å². The Bertz CT molecular complexity index is 454. The van der Waals surface area contributed by atoms with Gasteiger partial charge in [-0.25, -0.2) is 8.42 Å². The van der Waals surface area contributed by atoms with E-state index in [4.69, 9.17) is 0 Å². The lowest BCUT2D eigenvalue weighted by Gasteiger charge is -2.13. The second-order valence-electron chi connectivity index (χ2n) is 4.44. The minimum absolute atomic E-state index is 0.00835. The molecule has 1 unspecified atom stereocenters. The van der Waals surface area contributed by atoms with Crippen LogP contribution in [0.3, 0.4) is 0 Å². The molecule has 0 aliphatic rings. The molecule has 0 saturated carbocycles. The summed E-state index contributed by atoms with van der Waals surface area (Å²) >= 11 is 0. The summed E-state index contributed by atoms with van der Waals surface area (Å²) in [5, 5.41) is 3.12. The maximum atomic E-state index is 12.0. The zero-order chi connectivity index (χ0) is 12.9. The maximum Gasteiger partial charge on any atom is 0.155 e. The molecule has 0 aliphatic heterocycles. The lowest BCUT2D eigenvalue weighted by Crippen LogP contribution is -2.33. The molecule has 0 radical (unpaired) electrons.